The van der Waals surface area contributed by atoms with Crippen molar-refractivity contribution in [2.45, 2.75) is 17.8 Å². The number of hydrogen-bond acceptors (Lipinski definition) is 1. The van der Waals surface area contributed by atoms with Gasteiger partial charge in [-0.2, -0.15) is 0 Å². The minimum absolute atomic E-state index is 0. The Balaban J connectivity index is 0.00000112. The van der Waals surface area contributed by atoms with Gasteiger partial charge >= 0.3 is 0 Å². The van der Waals surface area contributed by atoms with Crippen LogP contribution in [0.15, 0.2) is 24.3 Å². The predicted molar refractivity (Wildman–Crippen MR) is 53.9 cm³/mol. The molecule has 1 atom stereocenters. The lowest BCUT2D eigenvalue weighted by Gasteiger charge is -2.13. The first-order valence-corrected chi connectivity index (χ1v) is 4.36. The summed E-state index contributed by atoms with van der Waals surface area (Å²) in [6.07, 6.45) is -0.234. The van der Waals surface area contributed by atoms with Gasteiger partial charge in [-0.1, -0.05) is 12.1 Å². The molecule has 1 aliphatic carbocycles. The third-order valence-corrected chi connectivity index (χ3v) is 2.84. The highest BCUT2D eigenvalue weighted by atomic mass is 35.5. The molecule has 2 N–H and O–H groups in total. The van der Waals surface area contributed by atoms with Gasteiger partial charge in [0.25, 0.3) is 5.92 Å². The molecule has 1 aliphatic rings. The van der Waals surface area contributed by atoms with E-state index in [1.54, 1.807) is 0 Å². The van der Waals surface area contributed by atoms with E-state index in [2.05, 4.69) is 0 Å². The Morgan fingerprint density at radius 3 is 2.00 bits per heavy atom. The molecule has 5 heteroatoms. The van der Waals surface area contributed by atoms with Crippen LogP contribution < -0.4 is 5.73 Å². The summed E-state index contributed by atoms with van der Waals surface area (Å²) in [4.78, 5) is 0. The fraction of sp³-hybridized carbons (Fsp3) is 0.400. The Morgan fingerprint density at radius 1 is 1.20 bits per heavy atom. The molecule has 15 heavy (non-hydrogen) atoms. The van der Waals surface area contributed by atoms with Crippen molar-refractivity contribution < 1.29 is 13.2 Å². The summed E-state index contributed by atoms with van der Waals surface area (Å²) in [6, 6.07) is 5.12. The molecule has 0 aliphatic heterocycles. The third kappa shape index (κ3) is 1.72. The van der Waals surface area contributed by atoms with Crippen LogP contribution in [0.3, 0.4) is 0 Å². The van der Waals surface area contributed by atoms with E-state index in [1.807, 2.05) is 0 Å². The second kappa shape index (κ2) is 3.68. The van der Waals surface area contributed by atoms with Crippen LogP contribution in [0, 0.1) is 5.82 Å². The van der Waals surface area contributed by atoms with Crippen molar-refractivity contribution in [2.75, 3.05) is 6.54 Å². The number of alkyl halides is 2. The number of nitrogens with two attached hydrogens (primary N) is 1. The van der Waals surface area contributed by atoms with Gasteiger partial charge in [-0.05, 0) is 17.7 Å². The van der Waals surface area contributed by atoms with E-state index in [0.29, 0.717) is 5.56 Å². The van der Waals surface area contributed by atoms with E-state index in [4.69, 9.17) is 5.73 Å². The maximum absolute atomic E-state index is 13.1. The van der Waals surface area contributed by atoms with E-state index in [1.165, 1.54) is 24.3 Å². The zero-order chi connectivity index (χ0) is 10.4. The molecule has 0 saturated heterocycles. The van der Waals surface area contributed by atoms with Crippen molar-refractivity contribution >= 4 is 12.4 Å². The molecule has 1 aromatic rings. The SMILES string of the molecule is Cl.NCC1(c2ccc(F)cc2)CC1(F)F. The van der Waals surface area contributed by atoms with E-state index in [9.17, 15) is 13.2 Å². The number of benzene rings is 1. The lowest BCUT2D eigenvalue weighted by atomic mass is 9.95. The van der Waals surface area contributed by atoms with E-state index in [0.717, 1.165) is 0 Å². The quantitative estimate of drug-likeness (QED) is 0.840. The highest BCUT2D eigenvalue weighted by molar-refractivity contribution is 5.85. The van der Waals surface area contributed by atoms with Crippen molar-refractivity contribution in [1.82, 2.24) is 0 Å². The van der Waals surface area contributed by atoms with Crippen LogP contribution >= 0.6 is 12.4 Å². The summed E-state index contributed by atoms with van der Waals surface area (Å²) in [5.74, 6) is -3.16. The lowest BCUT2D eigenvalue weighted by Crippen LogP contribution is -2.26. The van der Waals surface area contributed by atoms with Crippen molar-refractivity contribution in [3.63, 3.8) is 0 Å². The minimum Gasteiger partial charge on any atom is -0.329 e. The largest absolute Gasteiger partial charge is 0.329 e. The Hall–Kier alpha value is -0.740. The molecule has 0 amide bonds. The second-order valence-corrected chi connectivity index (χ2v) is 3.67. The molecular formula is C10H11ClF3N. The third-order valence-electron chi connectivity index (χ3n) is 2.84. The van der Waals surface area contributed by atoms with Crippen LogP contribution in [0.4, 0.5) is 13.2 Å². The highest BCUT2D eigenvalue weighted by Crippen LogP contribution is 2.60. The van der Waals surface area contributed by atoms with E-state index < -0.39 is 17.2 Å². The first-order chi connectivity index (χ1) is 6.52. The van der Waals surface area contributed by atoms with Crippen molar-refractivity contribution in [1.29, 1.82) is 0 Å². The number of rotatable bonds is 2. The van der Waals surface area contributed by atoms with Crippen molar-refractivity contribution in [2.24, 2.45) is 5.73 Å². The van der Waals surface area contributed by atoms with Crippen LogP contribution in [0.1, 0.15) is 12.0 Å². The van der Waals surface area contributed by atoms with Crippen molar-refractivity contribution in [3.8, 4) is 0 Å². The maximum atomic E-state index is 13.1. The molecule has 1 fully saturated rings. The molecular weight excluding hydrogens is 227 g/mol. The van der Waals surface area contributed by atoms with Crippen LogP contribution in [-0.4, -0.2) is 12.5 Å². The van der Waals surface area contributed by atoms with E-state index >= 15 is 0 Å². The van der Waals surface area contributed by atoms with Crippen LogP contribution in [0.2, 0.25) is 0 Å². The molecule has 1 unspecified atom stereocenters. The minimum atomic E-state index is -2.74. The van der Waals surface area contributed by atoms with Gasteiger partial charge in [0.15, 0.2) is 0 Å². The first kappa shape index (κ1) is 12.3. The van der Waals surface area contributed by atoms with Crippen LogP contribution in [-0.2, 0) is 5.41 Å². The van der Waals surface area contributed by atoms with Gasteiger partial charge in [-0.25, -0.2) is 13.2 Å². The van der Waals surface area contributed by atoms with Gasteiger partial charge in [-0.15, -0.1) is 12.4 Å². The van der Waals surface area contributed by atoms with Gasteiger partial charge in [0.2, 0.25) is 0 Å². The molecule has 1 saturated carbocycles. The van der Waals surface area contributed by atoms with Gasteiger partial charge in [0.1, 0.15) is 5.82 Å². The van der Waals surface area contributed by atoms with Crippen LogP contribution in [0.5, 0.6) is 0 Å². The van der Waals surface area contributed by atoms with Crippen molar-refractivity contribution in [3.05, 3.63) is 35.6 Å². The average Bonchev–Trinajstić information content (AvgIpc) is 2.71. The average molecular weight is 238 g/mol. The summed E-state index contributed by atoms with van der Waals surface area (Å²) in [6.45, 7) is -0.106. The summed E-state index contributed by atoms with van der Waals surface area (Å²) >= 11 is 0. The molecule has 1 nitrogen and oxygen atoms in total. The predicted octanol–water partition coefficient (Wildman–Crippen LogP) is 2.48. The number of hydrogen-bond donors (Lipinski definition) is 1. The zero-order valence-corrected chi connectivity index (χ0v) is 8.66. The van der Waals surface area contributed by atoms with E-state index in [-0.39, 0.29) is 25.4 Å². The molecule has 84 valence electrons. The fourth-order valence-corrected chi connectivity index (χ4v) is 1.76. The summed E-state index contributed by atoms with van der Waals surface area (Å²) < 4.78 is 38.7. The Kier molecular flexibility index (Phi) is 3.03. The molecule has 0 heterocycles. The number of halogens is 4. The van der Waals surface area contributed by atoms with Gasteiger partial charge in [0, 0.05) is 13.0 Å². The second-order valence-electron chi connectivity index (χ2n) is 3.67. The molecule has 2 rings (SSSR count). The fourth-order valence-electron chi connectivity index (χ4n) is 1.76. The lowest BCUT2D eigenvalue weighted by molar-refractivity contribution is 0.0896. The summed E-state index contributed by atoms with van der Waals surface area (Å²) in [5, 5.41) is 0. The molecule has 1 aromatic carbocycles. The standard InChI is InChI=1S/C10H10F3N.ClH/c11-8-3-1-7(2-4-8)9(6-14)5-10(9,12)13;/h1-4H,5-6,14H2;1H. The Bertz CT molecular complexity index is 352. The van der Waals surface area contributed by atoms with Gasteiger partial charge < -0.3 is 5.73 Å². The first-order valence-electron chi connectivity index (χ1n) is 4.36. The van der Waals surface area contributed by atoms with Gasteiger partial charge in [-0.3, -0.25) is 0 Å². The molecule has 0 spiro atoms. The molecule has 0 aromatic heterocycles. The topological polar surface area (TPSA) is 26.0 Å². The Morgan fingerprint density at radius 2 is 1.67 bits per heavy atom. The highest BCUT2D eigenvalue weighted by Gasteiger charge is 2.70. The monoisotopic (exact) mass is 237 g/mol. The molecule has 0 radical (unpaired) electrons. The summed E-state index contributed by atoms with van der Waals surface area (Å²) in [7, 11) is 0. The Labute approximate surface area is 91.9 Å². The van der Waals surface area contributed by atoms with Crippen LogP contribution in [0.25, 0.3) is 0 Å². The summed E-state index contributed by atoms with van der Waals surface area (Å²) in [5.41, 5.74) is 4.51. The smallest absolute Gasteiger partial charge is 0.260 e. The molecule has 0 bridgehead atoms. The normalized spacial score (nSPS) is 26.9. The maximum Gasteiger partial charge on any atom is 0.260 e. The zero-order valence-electron chi connectivity index (χ0n) is 7.84. The van der Waals surface area contributed by atoms with Gasteiger partial charge in [0.05, 0.1) is 5.41 Å².